The Bertz CT molecular complexity index is 711. The van der Waals surface area contributed by atoms with E-state index in [9.17, 15) is 13.2 Å². The van der Waals surface area contributed by atoms with Crippen molar-refractivity contribution >= 4 is 22.3 Å². The second-order valence-corrected chi connectivity index (χ2v) is 5.43. The van der Waals surface area contributed by atoms with Crippen LogP contribution < -0.4 is 15.4 Å². The van der Waals surface area contributed by atoms with Crippen molar-refractivity contribution in [1.82, 2.24) is 4.98 Å². The van der Waals surface area contributed by atoms with Gasteiger partial charge in [-0.3, -0.25) is 0 Å². The van der Waals surface area contributed by atoms with Crippen molar-refractivity contribution in [3.63, 3.8) is 0 Å². The second-order valence-electron chi connectivity index (χ2n) is 5.43. The SMILES string of the molecule is COc1nc2cc(F)c(N)cc2cc1N1CCC(F)(F)CC1. The molecule has 0 aliphatic carbocycles. The molecule has 1 fully saturated rings. The van der Waals surface area contributed by atoms with Gasteiger partial charge in [-0.25, -0.2) is 18.2 Å². The van der Waals surface area contributed by atoms with Gasteiger partial charge >= 0.3 is 0 Å². The van der Waals surface area contributed by atoms with Crippen LogP contribution in [-0.4, -0.2) is 31.1 Å². The Morgan fingerprint density at radius 3 is 2.55 bits per heavy atom. The number of alkyl halides is 2. The maximum Gasteiger partial charge on any atom is 0.251 e. The number of nitrogens with two attached hydrogens (primary N) is 1. The summed E-state index contributed by atoms with van der Waals surface area (Å²) < 4.78 is 45.3. The summed E-state index contributed by atoms with van der Waals surface area (Å²) in [4.78, 5) is 6.07. The quantitative estimate of drug-likeness (QED) is 0.865. The van der Waals surface area contributed by atoms with E-state index < -0.39 is 11.7 Å². The van der Waals surface area contributed by atoms with Crippen LogP contribution in [0.4, 0.5) is 24.5 Å². The van der Waals surface area contributed by atoms with Gasteiger partial charge in [0.2, 0.25) is 5.88 Å². The van der Waals surface area contributed by atoms with Crippen molar-refractivity contribution in [2.24, 2.45) is 0 Å². The summed E-state index contributed by atoms with van der Waals surface area (Å²) in [6, 6.07) is 4.47. The molecule has 1 saturated heterocycles. The number of rotatable bonds is 2. The number of halogens is 3. The van der Waals surface area contributed by atoms with Gasteiger partial charge in [0.25, 0.3) is 5.92 Å². The minimum atomic E-state index is -2.62. The maximum atomic E-state index is 13.5. The van der Waals surface area contributed by atoms with Crippen LogP contribution in [0.2, 0.25) is 0 Å². The number of methoxy groups -OCH3 is 1. The number of anilines is 2. The molecule has 0 atom stereocenters. The standard InChI is InChI=1S/C15H16F3N3O/c1-22-14-13(21-4-2-15(17,18)3-5-21)7-9-6-11(19)10(16)8-12(9)20-14/h6-8H,2-5,19H2,1H3. The van der Waals surface area contributed by atoms with Crippen LogP contribution in [0.25, 0.3) is 10.9 Å². The molecular formula is C15H16F3N3O. The third kappa shape index (κ3) is 2.63. The largest absolute Gasteiger partial charge is 0.480 e. The molecular weight excluding hydrogens is 295 g/mol. The first-order valence-corrected chi connectivity index (χ1v) is 6.96. The van der Waals surface area contributed by atoms with Gasteiger partial charge in [0.15, 0.2) is 0 Å². The molecule has 1 aromatic heterocycles. The predicted molar refractivity (Wildman–Crippen MR) is 79.1 cm³/mol. The fourth-order valence-electron chi connectivity index (χ4n) is 2.64. The summed E-state index contributed by atoms with van der Waals surface area (Å²) in [5.74, 6) is -2.88. The summed E-state index contributed by atoms with van der Waals surface area (Å²) in [5, 5.41) is 0.645. The number of hydrogen-bond acceptors (Lipinski definition) is 4. The number of fused-ring (bicyclic) bond motifs is 1. The van der Waals surface area contributed by atoms with Crippen LogP contribution in [0.5, 0.6) is 5.88 Å². The van der Waals surface area contributed by atoms with Crippen LogP contribution in [0, 0.1) is 5.82 Å². The molecule has 7 heteroatoms. The summed E-state index contributed by atoms with van der Waals surface area (Å²) in [5.41, 5.74) is 6.63. The molecule has 1 aliphatic heterocycles. The van der Waals surface area contributed by atoms with Crippen molar-refractivity contribution in [3.8, 4) is 5.88 Å². The molecule has 2 aromatic rings. The normalized spacial score (nSPS) is 17.7. The van der Waals surface area contributed by atoms with Crippen LogP contribution in [-0.2, 0) is 0 Å². The average Bonchev–Trinajstić information content (AvgIpc) is 2.47. The van der Waals surface area contributed by atoms with Crippen molar-refractivity contribution < 1.29 is 17.9 Å². The number of pyridine rings is 1. The fraction of sp³-hybridized carbons (Fsp3) is 0.400. The van der Waals surface area contributed by atoms with Gasteiger partial charge < -0.3 is 15.4 Å². The minimum absolute atomic E-state index is 0.0237. The van der Waals surface area contributed by atoms with Gasteiger partial charge in [0, 0.05) is 37.4 Å². The molecule has 0 unspecified atom stereocenters. The number of benzene rings is 1. The Labute approximate surface area is 125 Å². The van der Waals surface area contributed by atoms with E-state index in [-0.39, 0.29) is 31.6 Å². The Morgan fingerprint density at radius 1 is 1.23 bits per heavy atom. The lowest BCUT2D eigenvalue weighted by Gasteiger charge is -2.33. The number of nitrogen functional groups attached to an aromatic ring is 1. The van der Waals surface area contributed by atoms with Crippen LogP contribution in [0.15, 0.2) is 18.2 Å². The van der Waals surface area contributed by atoms with Gasteiger partial charge in [-0.1, -0.05) is 0 Å². The lowest BCUT2D eigenvalue weighted by Crippen LogP contribution is -2.39. The third-order valence-electron chi connectivity index (χ3n) is 3.91. The molecule has 1 aromatic carbocycles. The zero-order chi connectivity index (χ0) is 15.9. The van der Waals surface area contributed by atoms with Crippen LogP contribution in [0.1, 0.15) is 12.8 Å². The van der Waals surface area contributed by atoms with Gasteiger partial charge in [0.05, 0.1) is 18.3 Å². The van der Waals surface area contributed by atoms with E-state index in [1.54, 1.807) is 6.07 Å². The van der Waals surface area contributed by atoms with E-state index in [1.165, 1.54) is 19.2 Å². The zero-order valence-corrected chi connectivity index (χ0v) is 12.1. The Hall–Kier alpha value is -2.18. The van der Waals surface area contributed by atoms with E-state index in [0.29, 0.717) is 22.5 Å². The first-order valence-electron chi connectivity index (χ1n) is 6.96. The summed E-state index contributed by atoms with van der Waals surface area (Å²) in [7, 11) is 1.45. The highest BCUT2D eigenvalue weighted by molar-refractivity contribution is 5.87. The molecule has 118 valence electrons. The van der Waals surface area contributed by atoms with Crippen molar-refractivity contribution in [1.29, 1.82) is 0 Å². The van der Waals surface area contributed by atoms with Crippen LogP contribution in [0.3, 0.4) is 0 Å². The number of nitrogens with zero attached hydrogens (tertiary/aromatic N) is 2. The van der Waals surface area contributed by atoms with Gasteiger partial charge in [-0.05, 0) is 12.1 Å². The van der Waals surface area contributed by atoms with Gasteiger partial charge in [-0.2, -0.15) is 0 Å². The van der Waals surface area contributed by atoms with E-state index in [0.717, 1.165) is 0 Å². The molecule has 0 spiro atoms. The molecule has 2 N–H and O–H groups in total. The average molecular weight is 311 g/mol. The lowest BCUT2D eigenvalue weighted by atomic mass is 10.1. The molecule has 0 saturated carbocycles. The number of hydrogen-bond donors (Lipinski definition) is 1. The molecule has 0 radical (unpaired) electrons. The number of piperidine rings is 1. The fourth-order valence-corrected chi connectivity index (χ4v) is 2.64. The molecule has 4 nitrogen and oxygen atoms in total. The Kier molecular flexibility index (Phi) is 3.50. The first kappa shape index (κ1) is 14.7. The molecule has 0 amide bonds. The Balaban J connectivity index is 2.03. The van der Waals surface area contributed by atoms with E-state index in [2.05, 4.69) is 4.98 Å². The Morgan fingerprint density at radius 2 is 1.91 bits per heavy atom. The lowest BCUT2D eigenvalue weighted by molar-refractivity contribution is -0.0221. The maximum absolute atomic E-state index is 13.5. The van der Waals surface area contributed by atoms with Crippen molar-refractivity contribution in [2.45, 2.75) is 18.8 Å². The molecule has 0 bridgehead atoms. The topological polar surface area (TPSA) is 51.4 Å². The van der Waals surface area contributed by atoms with Crippen LogP contribution >= 0.6 is 0 Å². The second kappa shape index (κ2) is 5.23. The zero-order valence-electron chi connectivity index (χ0n) is 12.1. The van der Waals surface area contributed by atoms with Gasteiger partial charge in [-0.15, -0.1) is 0 Å². The third-order valence-corrected chi connectivity index (χ3v) is 3.91. The van der Waals surface area contributed by atoms with E-state index in [4.69, 9.17) is 10.5 Å². The predicted octanol–water partition coefficient (Wildman–Crippen LogP) is 3.20. The highest BCUT2D eigenvalue weighted by Gasteiger charge is 2.35. The van der Waals surface area contributed by atoms with Crippen molar-refractivity contribution in [3.05, 3.63) is 24.0 Å². The van der Waals surface area contributed by atoms with E-state index >= 15 is 0 Å². The summed E-state index contributed by atoms with van der Waals surface area (Å²) in [6.07, 6.45) is -0.417. The number of aromatic nitrogens is 1. The molecule has 2 heterocycles. The smallest absolute Gasteiger partial charge is 0.251 e. The van der Waals surface area contributed by atoms with Crippen molar-refractivity contribution in [2.75, 3.05) is 30.8 Å². The monoisotopic (exact) mass is 311 g/mol. The number of ether oxygens (including phenoxy) is 1. The molecule has 1 aliphatic rings. The summed E-state index contributed by atoms with van der Waals surface area (Å²) in [6.45, 7) is 0.431. The minimum Gasteiger partial charge on any atom is -0.480 e. The highest BCUT2D eigenvalue weighted by atomic mass is 19.3. The van der Waals surface area contributed by atoms with Gasteiger partial charge in [0.1, 0.15) is 11.5 Å². The highest BCUT2D eigenvalue weighted by Crippen LogP contribution is 2.36. The molecule has 3 rings (SSSR count). The van der Waals surface area contributed by atoms with E-state index in [1.807, 2.05) is 4.90 Å². The molecule has 22 heavy (non-hydrogen) atoms. The summed E-state index contributed by atoms with van der Waals surface area (Å²) >= 11 is 0. The first-order chi connectivity index (χ1) is 10.4.